The largest absolute Gasteiger partial charge is 0.411 e. The monoisotopic (exact) mass is 198 g/mol. The van der Waals surface area contributed by atoms with Gasteiger partial charge in [-0.05, 0) is 51.4 Å². The summed E-state index contributed by atoms with van der Waals surface area (Å²) in [6.45, 7) is 0. The molecule has 4 heteroatoms. The first-order valence-electron chi connectivity index (χ1n) is 5.26. The molecular formula is C10H18N2O2. The third-order valence-corrected chi connectivity index (χ3v) is 2.64. The maximum atomic E-state index is 8.15. The third-order valence-electron chi connectivity index (χ3n) is 2.64. The number of rotatable bonds is 0. The molecule has 0 aromatic carbocycles. The summed E-state index contributed by atoms with van der Waals surface area (Å²) in [5.41, 5.74) is 1.94. The van der Waals surface area contributed by atoms with Crippen LogP contribution in [0.5, 0.6) is 0 Å². The fraction of sp³-hybridized carbons (Fsp3) is 0.800. The lowest BCUT2D eigenvalue weighted by Crippen LogP contribution is -1.85. The molecule has 0 heterocycles. The Morgan fingerprint density at radius 3 is 1.07 bits per heavy atom. The summed E-state index contributed by atoms with van der Waals surface area (Å²) in [6, 6.07) is 0. The number of hydrogen-bond donors (Lipinski definition) is 2. The second kappa shape index (κ2) is 6.40. The minimum atomic E-state index is 0.972. The fourth-order valence-electron chi connectivity index (χ4n) is 1.77. The van der Waals surface area contributed by atoms with Crippen LogP contribution >= 0.6 is 0 Å². The first kappa shape index (κ1) is 11.0. The van der Waals surface area contributed by atoms with E-state index in [0.29, 0.717) is 0 Å². The van der Waals surface area contributed by atoms with Crippen molar-refractivity contribution in [1.82, 2.24) is 0 Å². The molecule has 80 valence electrons. The maximum absolute atomic E-state index is 8.15. The van der Waals surface area contributed by atoms with Gasteiger partial charge < -0.3 is 10.4 Å². The highest BCUT2D eigenvalue weighted by molar-refractivity contribution is 5.85. The Hall–Kier alpha value is -1.06. The molecule has 0 radical (unpaired) electrons. The Balaban J connectivity index is 0.000000140. The van der Waals surface area contributed by atoms with Crippen molar-refractivity contribution < 1.29 is 10.4 Å². The van der Waals surface area contributed by atoms with E-state index < -0.39 is 0 Å². The summed E-state index contributed by atoms with van der Waals surface area (Å²) in [5, 5.41) is 22.5. The zero-order chi connectivity index (χ0) is 10.2. The van der Waals surface area contributed by atoms with Crippen molar-refractivity contribution in [3.8, 4) is 0 Å². The van der Waals surface area contributed by atoms with E-state index in [-0.39, 0.29) is 0 Å². The number of oxime groups is 2. The standard InChI is InChI=1S/2C5H9NO/c2*7-6-5-3-1-2-4-5/h2*7H,1-4H2. The van der Waals surface area contributed by atoms with Crippen LogP contribution in [0, 0.1) is 0 Å². The van der Waals surface area contributed by atoms with E-state index in [1.165, 1.54) is 25.7 Å². The summed E-state index contributed by atoms with van der Waals surface area (Å²) in [4.78, 5) is 0. The zero-order valence-corrected chi connectivity index (χ0v) is 8.45. The minimum Gasteiger partial charge on any atom is -0.411 e. The lowest BCUT2D eigenvalue weighted by molar-refractivity contribution is 0.317. The Labute approximate surface area is 84.3 Å². The van der Waals surface area contributed by atoms with Gasteiger partial charge in [0.15, 0.2) is 0 Å². The van der Waals surface area contributed by atoms with Crippen molar-refractivity contribution in [3.05, 3.63) is 0 Å². The third kappa shape index (κ3) is 3.77. The smallest absolute Gasteiger partial charge is 0.0570 e. The second-order valence-corrected chi connectivity index (χ2v) is 3.75. The predicted molar refractivity (Wildman–Crippen MR) is 55.4 cm³/mol. The normalized spacial score (nSPS) is 20.3. The van der Waals surface area contributed by atoms with E-state index in [1.807, 2.05) is 0 Å². The minimum absolute atomic E-state index is 0.972. The molecule has 0 bridgehead atoms. The van der Waals surface area contributed by atoms with E-state index in [2.05, 4.69) is 10.3 Å². The summed E-state index contributed by atoms with van der Waals surface area (Å²) in [7, 11) is 0. The van der Waals surface area contributed by atoms with Crippen LogP contribution in [-0.4, -0.2) is 21.8 Å². The first-order chi connectivity index (χ1) is 6.86. The molecule has 2 aliphatic rings. The summed E-state index contributed by atoms with van der Waals surface area (Å²) >= 11 is 0. The van der Waals surface area contributed by atoms with E-state index in [1.54, 1.807) is 0 Å². The Morgan fingerprint density at radius 1 is 0.643 bits per heavy atom. The van der Waals surface area contributed by atoms with Crippen molar-refractivity contribution >= 4 is 11.4 Å². The molecule has 0 saturated heterocycles. The van der Waals surface area contributed by atoms with Crippen LogP contribution < -0.4 is 0 Å². The fourth-order valence-corrected chi connectivity index (χ4v) is 1.77. The van der Waals surface area contributed by atoms with Crippen molar-refractivity contribution in [2.24, 2.45) is 10.3 Å². The van der Waals surface area contributed by atoms with Gasteiger partial charge in [-0.1, -0.05) is 10.3 Å². The molecule has 2 aliphatic carbocycles. The van der Waals surface area contributed by atoms with Crippen molar-refractivity contribution in [2.75, 3.05) is 0 Å². The Bertz CT molecular complexity index is 184. The van der Waals surface area contributed by atoms with Crippen LogP contribution in [0.2, 0.25) is 0 Å². The van der Waals surface area contributed by atoms with Gasteiger partial charge in [0.1, 0.15) is 0 Å². The molecule has 0 aromatic heterocycles. The van der Waals surface area contributed by atoms with Gasteiger partial charge in [0.25, 0.3) is 0 Å². The molecule has 4 nitrogen and oxygen atoms in total. The highest BCUT2D eigenvalue weighted by Gasteiger charge is 2.07. The number of hydrogen-bond acceptors (Lipinski definition) is 4. The SMILES string of the molecule is ON=C1CCCC1.ON=C1CCCC1. The van der Waals surface area contributed by atoms with E-state index in [9.17, 15) is 0 Å². The molecular weight excluding hydrogens is 180 g/mol. The molecule has 14 heavy (non-hydrogen) atoms. The quantitative estimate of drug-likeness (QED) is 0.464. The average molecular weight is 198 g/mol. The van der Waals surface area contributed by atoms with Gasteiger partial charge in [0, 0.05) is 0 Å². The average Bonchev–Trinajstić information content (AvgIpc) is 2.92. The summed E-state index contributed by atoms with van der Waals surface area (Å²) in [6.07, 6.45) is 8.87. The molecule has 0 amide bonds. The van der Waals surface area contributed by atoms with Crippen LogP contribution in [0.3, 0.4) is 0 Å². The summed E-state index contributed by atoms with van der Waals surface area (Å²) in [5.74, 6) is 0. The van der Waals surface area contributed by atoms with Crippen LogP contribution in [0.25, 0.3) is 0 Å². The molecule has 2 fully saturated rings. The van der Waals surface area contributed by atoms with Gasteiger partial charge in [-0.2, -0.15) is 0 Å². The van der Waals surface area contributed by atoms with Gasteiger partial charge in [-0.25, -0.2) is 0 Å². The zero-order valence-electron chi connectivity index (χ0n) is 8.45. The second-order valence-electron chi connectivity index (χ2n) is 3.75. The van der Waals surface area contributed by atoms with Gasteiger partial charge >= 0.3 is 0 Å². The molecule has 2 N–H and O–H groups in total. The lowest BCUT2D eigenvalue weighted by Gasteiger charge is -1.82. The van der Waals surface area contributed by atoms with E-state index in [4.69, 9.17) is 10.4 Å². The summed E-state index contributed by atoms with van der Waals surface area (Å²) < 4.78 is 0. The van der Waals surface area contributed by atoms with Crippen molar-refractivity contribution in [2.45, 2.75) is 51.4 Å². The molecule has 0 aromatic rings. The maximum Gasteiger partial charge on any atom is 0.0570 e. The van der Waals surface area contributed by atoms with Crippen molar-refractivity contribution in [3.63, 3.8) is 0 Å². The topological polar surface area (TPSA) is 65.2 Å². The molecule has 2 saturated carbocycles. The highest BCUT2D eigenvalue weighted by atomic mass is 16.4. The van der Waals surface area contributed by atoms with Crippen molar-refractivity contribution in [1.29, 1.82) is 0 Å². The van der Waals surface area contributed by atoms with E-state index in [0.717, 1.165) is 37.1 Å². The molecule has 0 unspecified atom stereocenters. The Kier molecular flexibility index (Phi) is 5.04. The van der Waals surface area contributed by atoms with Gasteiger partial charge in [0.2, 0.25) is 0 Å². The highest BCUT2D eigenvalue weighted by Crippen LogP contribution is 2.13. The van der Waals surface area contributed by atoms with E-state index >= 15 is 0 Å². The van der Waals surface area contributed by atoms with Gasteiger partial charge in [-0.3, -0.25) is 0 Å². The molecule has 0 atom stereocenters. The van der Waals surface area contributed by atoms with Crippen LogP contribution in [0.1, 0.15) is 51.4 Å². The van der Waals surface area contributed by atoms with Crippen LogP contribution in [0.4, 0.5) is 0 Å². The van der Waals surface area contributed by atoms with Gasteiger partial charge in [-0.15, -0.1) is 0 Å². The molecule has 0 aliphatic heterocycles. The lowest BCUT2D eigenvalue weighted by atomic mass is 10.3. The van der Waals surface area contributed by atoms with Crippen LogP contribution in [0.15, 0.2) is 10.3 Å². The van der Waals surface area contributed by atoms with Gasteiger partial charge in [0.05, 0.1) is 11.4 Å². The Morgan fingerprint density at radius 2 is 0.929 bits per heavy atom. The predicted octanol–water partition coefficient (Wildman–Crippen LogP) is 2.78. The molecule has 0 spiro atoms. The molecule has 2 rings (SSSR count). The van der Waals surface area contributed by atoms with Crippen LogP contribution in [-0.2, 0) is 0 Å². The number of nitrogens with zero attached hydrogens (tertiary/aromatic N) is 2. The first-order valence-corrected chi connectivity index (χ1v) is 5.26.